The van der Waals surface area contributed by atoms with Gasteiger partial charge in [-0.05, 0) is 24.7 Å². The third kappa shape index (κ3) is 3.72. The van der Waals surface area contributed by atoms with Crippen molar-refractivity contribution in [3.8, 4) is 0 Å². The van der Waals surface area contributed by atoms with Crippen molar-refractivity contribution in [3.63, 3.8) is 0 Å². The first-order valence-electron chi connectivity index (χ1n) is 5.18. The summed E-state index contributed by atoms with van der Waals surface area (Å²) in [6.07, 6.45) is 0. The van der Waals surface area contributed by atoms with Gasteiger partial charge in [0.25, 0.3) is 0 Å². The van der Waals surface area contributed by atoms with E-state index in [4.69, 9.17) is 0 Å². The molecule has 0 heterocycles. The molecule has 0 radical (unpaired) electrons. The summed E-state index contributed by atoms with van der Waals surface area (Å²) in [4.78, 5) is 11.4. The molecule has 1 rings (SSSR count). The van der Waals surface area contributed by atoms with Crippen LogP contribution in [0.3, 0.4) is 0 Å². The first kappa shape index (κ1) is 11.7. The maximum atomic E-state index is 11.4. The Balaban J connectivity index is 2.60. The van der Waals surface area contributed by atoms with Gasteiger partial charge in [0, 0.05) is 18.2 Å². The van der Waals surface area contributed by atoms with Crippen molar-refractivity contribution in [3.05, 3.63) is 29.8 Å². The molecule has 2 N–H and O–H groups in total. The zero-order valence-corrected chi connectivity index (χ0v) is 9.50. The average Bonchev–Trinajstić information content (AvgIpc) is 2.21. The lowest BCUT2D eigenvalue weighted by Gasteiger charge is -2.08. The summed E-state index contributed by atoms with van der Waals surface area (Å²) in [7, 11) is 1.91. The van der Waals surface area contributed by atoms with E-state index in [2.05, 4.69) is 10.6 Å². The Morgan fingerprint density at radius 2 is 1.87 bits per heavy atom. The third-order valence-electron chi connectivity index (χ3n) is 2.13. The molecular weight excluding hydrogens is 188 g/mol. The zero-order chi connectivity index (χ0) is 11.3. The first-order valence-corrected chi connectivity index (χ1v) is 5.18. The Kier molecular flexibility index (Phi) is 4.31. The molecule has 0 atom stereocenters. The SMILES string of the molecule is CNCc1ccc(NC(=O)C(C)C)cc1. The lowest BCUT2D eigenvalue weighted by molar-refractivity contribution is -0.118. The second-order valence-corrected chi connectivity index (χ2v) is 3.87. The molecule has 1 aromatic carbocycles. The highest BCUT2D eigenvalue weighted by Gasteiger charge is 2.06. The molecule has 82 valence electrons. The first-order chi connectivity index (χ1) is 7.13. The summed E-state index contributed by atoms with van der Waals surface area (Å²) in [5.41, 5.74) is 2.06. The average molecular weight is 206 g/mol. The van der Waals surface area contributed by atoms with Gasteiger partial charge in [-0.1, -0.05) is 26.0 Å². The number of amides is 1. The molecule has 1 aromatic rings. The van der Waals surface area contributed by atoms with E-state index >= 15 is 0 Å². The molecular formula is C12H18N2O. The van der Waals surface area contributed by atoms with Crippen LogP contribution in [0, 0.1) is 5.92 Å². The van der Waals surface area contributed by atoms with Gasteiger partial charge in [-0.3, -0.25) is 4.79 Å². The lowest BCUT2D eigenvalue weighted by Crippen LogP contribution is -2.17. The molecule has 0 bridgehead atoms. The summed E-state index contributed by atoms with van der Waals surface area (Å²) < 4.78 is 0. The fraction of sp³-hybridized carbons (Fsp3) is 0.417. The number of rotatable bonds is 4. The lowest BCUT2D eigenvalue weighted by atomic mass is 10.1. The van der Waals surface area contributed by atoms with Gasteiger partial charge in [-0.25, -0.2) is 0 Å². The van der Waals surface area contributed by atoms with Crippen LogP contribution in [-0.4, -0.2) is 13.0 Å². The second kappa shape index (κ2) is 5.51. The van der Waals surface area contributed by atoms with Crippen LogP contribution >= 0.6 is 0 Å². The summed E-state index contributed by atoms with van der Waals surface area (Å²) in [6, 6.07) is 7.86. The molecule has 0 spiro atoms. The third-order valence-corrected chi connectivity index (χ3v) is 2.13. The van der Waals surface area contributed by atoms with Gasteiger partial charge in [0.05, 0.1) is 0 Å². The Hall–Kier alpha value is -1.35. The van der Waals surface area contributed by atoms with Crippen LogP contribution in [0.15, 0.2) is 24.3 Å². The molecule has 0 aliphatic carbocycles. The van der Waals surface area contributed by atoms with Gasteiger partial charge >= 0.3 is 0 Å². The van der Waals surface area contributed by atoms with E-state index in [9.17, 15) is 4.79 Å². The Bertz CT molecular complexity index is 317. The number of hydrogen-bond acceptors (Lipinski definition) is 2. The predicted octanol–water partition coefficient (Wildman–Crippen LogP) is 2.00. The largest absolute Gasteiger partial charge is 0.326 e. The highest BCUT2D eigenvalue weighted by molar-refractivity contribution is 5.91. The fourth-order valence-corrected chi connectivity index (χ4v) is 1.20. The number of benzene rings is 1. The number of carbonyl (C=O) groups excluding carboxylic acids is 1. The quantitative estimate of drug-likeness (QED) is 0.791. The van der Waals surface area contributed by atoms with Gasteiger partial charge in [0.2, 0.25) is 5.91 Å². The molecule has 0 aliphatic heterocycles. The van der Waals surface area contributed by atoms with Crippen LogP contribution in [0.5, 0.6) is 0 Å². The normalized spacial score (nSPS) is 10.4. The van der Waals surface area contributed by atoms with Gasteiger partial charge in [0.15, 0.2) is 0 Å². The molecule has 1 amide bonds. The standard InChI is InChI=1S/C12H18N2O/c1-9(2)12(15)14-11-6-4-10(5-7-11)8-13-3/h4-7,9,13H,8H2,1-3H3,(H,14,15). The van der Waals surface area contributed by atoms with Crippen LogP contribution in [-0.2, 0) is 11.3 Å². The number of anilines is 1. The van der Waals surface area contributed by atoms with Gasteiger partial charge in [0.1, 0.15) is 0 Å². The molecule has 0 saturated heterocycles. The van der Waals surface area contributed by atoms with E-state index in [1.165, 1.54) is 5.56 Å². The minimum atomic E-state index is 0.0157. The van der Waals surface area contributed by atoms with E-state index < -0.39 is 0 Å². The number of carbonyl (C=O) groups is 1. The van der Waals surface area contributed by atoms with Crippen molar-refractivity contribution in [1.29, 1.82) is 0 Å². The summed E-state index contributed by atoms with van der Waals surface area (Å²) in [5.74, 6) is 0.0679. The van der Waals surface area contributed by atoms with Crippen LogP contribution in [0.1, 0.15) is 19.4 Å². The van der Waals surface area contributed by atoms with Crippen LogP contribution in [0.2, 0.25) is 0 Å². The fourth-order valence-electron chi connectivity index (χ4n) is 1.20. The summed E-state index contributed by atoms with van der Waals surface area (Å²) in [5, 5.41) is 5.93. The van der Waals surface area contributed by atoms with Gasteiger partial charge in [-0.2, -0.15) is 0 Å². The zero-order valence-electron chi connectivity index (χ0n) is 9.50. The van der Waals surface area contributed by atoms with E-state index in [1.54, 1.807) is 0 Å². The van der Waals surface area contributed by atoms with Crippen molar-refractivity contribution in [1.82, 2.24) is 5.32 Å². The van der Waals surface area contributed by atoms with Crippen molar-refractivity contribution in [2.24, 2.45) is 5.92 Å². The highest BCUT2D eigenvalue weighted by Crippen LogP contribution is 2.10. The van der Waals surface area contributed by atoms with Crippen molar-refractivity contribution >= 4 is 11.6 Å². The highest BCUT2D eigenvalue weighted by atomic mass is 16.1. The van der Waals surface area contributed by atoms with Crippen LogP contribution < -0.4 is 10.6 Å². The molecule has 0 aromatic heterocycles. The molecule has 0 aliphatic rings. The van der Waals surface area contributed by atoms with E-state index in [-0.39, 0.29) is 11.8 Å². The Morgan fingerprint density at radius 3 is 2.33 bits per heavy atom. The maximum Gasteiger partial charge on any atom is 0.226 e. The summed E-state index contributed by atoms with van der Waals surface area (Å²) in [6.45, 7) is 4.60. The van der Waals surface area contributed by atoms with E-state index in [0.717, 1.165) is 12.2 Å². The topological polar surface area (TPSA) is 41.1 Å². The van der Waals surface area contributed by atoms with Gasteiger partial charge < -0.3 is 10.6 Å². The molecule has 0 saturated carbocycles. The molecule has 0 fully saturated rings. The summed E-state index contributed by atoms with van der Waals surface area (Å²) >= 11 is 0. The second-order valence-electron chi connectivity index (χ2n) is 3.87. The molecule has 3 heteroatoms. The smallest absolute Gasteiger partial charge is 0.226 e. The van der Waals surface area contributed by atoms with E-state index in [0.29, 0.717) is 0 Å². The van der Waals surface area contributed by atoms with Gasteiger partial charge in [-0.15, -0.1) is 0 Å². The van der Waals surface area contributed by atoms with Crippen molar-refractivity contribution in [2.75, 3.05) is 12.4 Å². The molecule has 0 unspecified atom stereocenters. The number of nitrogens with one attached hydrogen (secondary N) is 2. The predicted molar refractivity (Wildman–Crippen MR) is 62.7 cm³/mol. The van der Waals surface area contributed by atoms with Crippen LogP contribution in [0.4, 0.5) is 5.69 Å². The molecule has 3 nitrogen and oxygen atoms in total. The minimum absolute atomic E-state index is 0.0157. The van der Waals surface area contributed by atoms with E-state index in [1.807, 2.05) is 45.2 Å². The molecule has 15 heavy (non-hydrogen) atoms. The Labute approximate surface area is 90.9 Å². The number of hydrogen-bond donors (Lipinski definition) is 2. The monoisotopic (exact) mass is 206 g/mol. The Morgan fingerprint density at radius 1 is 1.27 bits per heavy atom. The minimum Gasteiger partial charge on any atom is -0.326 e. The maximum absolute atomic E-state index is 11.4. The van der Waals surface area contributed by atoms with Crippen molar-refractivity contribution in [2.45, 2.75) is 20.4 Å². The van der Waals surface area contributed by atoms with Crippen LogP contribution in [0.25, 0.3) is 0 Å². The van der Waals surface area contributed by atoms with Crippen molar-refractivity contribution < 1.29 is 4.79 Å².